The number of benzene rings is 2. The first-order valence-corrected chi connectivity index (χ1v) is 9.45. The first kappa shape index (κ1) is 18.2. The van der Waals surface area contributed by atoms with E-state index in [2.05, 4.69) is 0 Å². The molecule has 2 heterocycles. The Morgan fingerprint density at radius 2 is 1.64 bits per heavy atom. The van der Waals surface area contributed by atoms with Crippen LogP contribution in [-0.2, 0) is 14.4 Å². The molecule has 2 aromatic carbocycles. The van der Waals surface area contributed by atoms with Crippen molar-refractivity contribution in [3.8, 4) is 0 Å². The van der Waals surface area contributed by atoms with E-state index in [9.17, 15) is 19.2 Å². The highest BCUT2D eigenvalue weighted by Gasteiger charge is 2.45. The van der Waals surface area contributed by atoms with Crippen LogP contribution < -0.4 is 9.80 Å². The predicted octanol–water partition coefficient (Wildman–Crippen LogP) is 3.81. The van der Waals surface area contributed by atoms with Crippen LogP contribution in [0.2, 0.25) is 0 Å². The number of carbonyl (C=O) groups is 4. The van der Waals surface area contributed by atoms with E-state index in [1.165, 1.54) is 6.92 Å². The highest BCUT2D eigenvalue weighted by atomic mass is 32.2. The smallest absolute Gasteiger partial charge is 0.274 e. The van der Waals surface area contributed by atoms with Crippen LogP contribution in [0, 0.1) is 13.8 Å². The molecular weight excluding hydrogens is 376 g/mol. The van der Waals surface area contributed by atoms with E-state index < -0.39 is 23.0 Å². The average molecular weight is 392 g/mol. The highest BCUT2D eigenvalue weighted by Crippen LogP contribution is 2.45. The lowest BCUT2D eigenvalue weighted by Gasteiger charge is -2.16. The maximum absolute atomic E-state index is 13.1. The Morgan fingerprint density at radius 3 is 2.32 bits per heavy atom. The Labute approximate surface area is 165 Å². The van der Waals surface area contributed by atoms with Crippen LogP contribution in [0.25, 0.3) is 5.57 Å². The van der Waals surface area contributed by atoms with E-state index in [0.717, 1.165) is 32.7 Å². The Hall–Kier alpha value is -3.19. The van der Waals surface area contributed by atoms with E-state index in [1.54, 1.807) is 30.3 Å². The van der Waals surface area contributed by atoms with Gasteiger partial charge in [-0.05, 0) is 43.3 Å². The number of fused-ring (bicyclic) bond motifs is 1. The molecule has 0 aromatic heterocycles. The number of aryl methyl sites for hydroxylation is 2. The molecule has 2 aliphatic rings. The molecule has 0 atom stereocenters. The Kier molecular flexibility index (Phi) is 4.19. The van der Waals surface area contributed by atoms with Gasteiger partial charge in [0.15, 0.2) is 0 Å². The lowest BCUT2D eigenvalue weighted by molar-refractivity contribution is -0.122. The van der Waals surface area contributed by atoms with Crippen LogP contribution in [0.4, 0.5) is 16.2 Å². The third-order valence-electron chi connectivity index (χ3n) is 4.74. The summed E-state index contributed by atoms with van der Waals surface area (Å²) in [5.41, 5.74) is 3.30. The summed E-state index contributed by atoms with van der Waals surface area (Å²) in [6.45, 7) is 5.04. The molecule has 1 saturated heterocycles. The van der Waals surface area contributed by atoms with E-state index in [-0.39, 0.29) is 10.5 Å². The lowest BCUT2D eigenvalue weighted by atomic mass is 10.1. The summed E-state index contributed by atoms with van der Waals surface area (Å²) < 4.78 is 0. The van der Waals surface area contributed by atoms with Gasteiger partial charge in [-0.25, -0.2) is 9.80 Å². The largest absolute Gasteiger partial charge is 0.298 e. The first-order valence-electron chi connectivity index (χ1n) is 8.63. The van der Waals surface area contributed by atoms with E-state index in [1.807, 2.05) is 26.0 Å². The third kappa shape index (κ3) is 2.58. The van der Waals surface area contributed by atoms with Gasteiger partial charge >= 0.3 is 0 Å². The van der Waals surface area contributed by atoms with Crippen LogP contribution in [-0.4, -0.2) is 23.0 Å². The molecular formula is C21H16N2O4S. The maximum Gasteiger partial charge on any atom is 0.298 e. The van der Waals surface area contributed by atoms with Gasteiger partial charge in [0.25, 0.3) is 17.1 Å². The molecule has 0 saturated carbocycles. The second-order valence-electron chi connectivity index (χ2n) is 6.68. The minimum absolute atomic E-state index is 0.0474. The number of rotatable bonds is 1. The summed E-state index contributed by atoms with van der Waals surface area (Å²) in [6, 6.07) is 12.2. The minimum Gasteiger partial charge on any atom is -0.274 e. The van der Waals surface area contributed by atoms with E-state index in [0.29, 0.717) is 16.9 Å². The third-order valence-corrected chi connectivity index (χ3v) is 5.68. The summed E-state index contributed by atoms with van der Waals surface area (Å²) in [7, 11) is 0. The van der Waals surface area contributed by atoms with Crippen molar-refractivity contribution in [2.45, 2.75) is 20.8 Å². The normalized spacial score (nSPS) is 18.9. The molecule has 0 aliphatic carbocycles. The highest BCUT2D eigenvalue weighted by molar-refractivity contribution is 8.19. The number of para-hydroxylation sites is 1. The number of imide groups is 2. The fourth-order valence-corrected chi connectivity index (χ4v) is 4.46. The first-order chi connectivity index (χ1) is 13.3. The Bertz CT molecular complexity index is 1120. The van der Waals surface area contributed by atoms with Crippen LogP contribution in [0.15, 0.2) is 47.4 Å². The molecule has 6 nitrogen and oxygen atoms in total. The van der Waals surface area contributed by atoms with Crippen molar-refractivity contribution in [1.82, 2.24) is 0 Å². The fourth-order valence-electron chi connectivity index (χ4n) is 3.53. The van der Waals surface area contributed by atoms with Gasteiger partial charge in [-0.2, -0.15) is 0 Å². The van der Waals surface area contributed by atoms with Crippen LogP contribution in [0.3, 0.4) is 0 Å². The number of carbonyl (C=O) groups excluding carboxylic acids is 4. The van der Waals surface area contributed by atoms with Crippen molar-refractivity contribution < 1.29 is 19.2 Å². The van der Waals surface area contributed by atoms with Gasteiger partial charge in [0.2, 0.25) is 5.91 Å². The quantitative estimate of drug-likeness (QED) is 0.690. The second-order valence-corrected chi connectivity index (χ2v) is 7.64. The standard InChI is InChI=1S/C21H16N2O4S/c1-11-8-9-15(12(2)10-11)23-20(26)18(28-21(23)27)17-14-6-4-5-7-16(14)22(13(3)24)19(17)25/h4-10H,1-3H3/b18-17-. The SMILES string of the molecule is CC(=O)N1C(=O)/C(=C2\SC(=O)N(c3ccc(C)cc3C)C2=O)c2ccccc21. The maximum atomic E-state index is 13.1. The van der Waals surface area contributed by atoms with Gasteiger partial charge in [0.05, 0.1) is 21.9 Å². The molecule has 0 N–H and O–H groups in total. The van der Waals surface area contributed by atoms with Crippen molar-refractivity contribution in [1.29, 1.82) is 0 Å². The molecule has 140 valence electrons. The molecule has 0 bridgehead atoms. The molecule has 0 radical (unpaired) electrons. The van der Waals surface area contributed by atoms with Gasteiger partial charge in [-0.3, -0.25) is 19.2 Å². The van der Waals surface area contributed by atoms with Crippen molar-refractivity contribution in [3.63, 3.8) is 0 Å². The summed E-state index contributed by atoms with van der Waals surface area (Å²) in [5.74, 6) is -1.58. The predicted molar refractivity (Wildman–Crippen MR) is 108 cm³/mol. The Morgan fingerprint density at radius 1 is 0.929 bits per heavy atom. The summed E-state index contributed by atoms with van der Waals surface area (Å²) in [6.07, 6.45) is 0. The monoisotopic (exact) mass is 392 g/mol. The van der Waals surface area contributed by atoms with Crippen LogP contribution >= 0.6 is 11.8 Å². The van der Waals surface area contributed by atoms with E-state index >= 15 is 0 Å². The van der Waals surface area contributed by atoms with Gasteiger partial charge in [0, 0.05) is 12.5 Å². The molecule has 28 heavy (non-hydrogen) atoms. The van der Waals surface area contributed by atoms with Crippen LogP contribution in [0.5, 0.6) is 0 Å². The van der Waals surface area contributed by atoms with Gasteiger partial charge in [0.1, 0.15) is 0 Å². The number of nitrogens with zero attached hydrogens (tertiary/aromatic N) is 2. The zero-order chi connectivity index (χ0) is 20.2. The van der Waals surface area contributed by atoms with Crippen molar-refractivity contribution in [2.24, 2.45) is 0 Å². The molecule has 7 heteroatoms. The van der Waals surface area contributed by atoms with Crippen LogP contribution in [0.1, 0.15) is 23.6 Å². The number of thioether (sulfide) groups is 1. The number of anilines is 2. The molecule has 4 amide bonds. The van der Waals surface area contributed by atoms with Crippen molar-refractivity contribution >= 4 is 51.7 Å². The van der Waals surface area contributed by atoms with Gasteiger partial charge in [-0.1, -0.05) is 35.9 Å². The van der Waals surface area contributed by atoms with Gasteiger partial charge in [-0.15, -0.1) is 0 Å². The number of hydrogen-bond acceptors (Lipinski definition) is 5. The molecule has 2 aromatic rings. The number of amides is 4. The Balaban J connectivity index is 1.87. The zero-order valence-electron chi connectivity index (χ0n) is 15.5. The molecule has 0 unspecified atom stereocenters. The average Bonchev–Trinajstić information content (AvgIpc) is 3.08. The second kappa shape index (κ2) is 6.45. The fraction of sp³-hybridized carbons (Fsp3) is 0.143. The summed E-state index contributed by atoms with van der Waals surface area (Å²) in [5, 5.41) is -0.467. The minimum atomic E-state index is -0.583. The molecule has 4 rings (SSSR count). The molecule has 2 aliphatic heterocycles. The van der Waals surface area contributed by atoms with Gasteiger partial charge < -0.3 is 0 Å². The van der Waals surface area contributed by atoms with Crippen molar-refractivity contribution in [2.75, 3.05) is 9.80 Å². The zero-order valence-corrected chi connectivity index (χ0v) is 16.3. The summed E-state index contributed by atoms with van der Waals surface area (Å²) in [4.78, 5) is 52.9. The number of hydrogen-bond donors (Lipinski definition) is 0. The molecule has 1 fully saturated rings. The topological polar surface area (TPSA) is 74.8 Å². The lowest BCUT2D eigenvalue weighted by Crippen LogP contribution is -2.32. The molecule has 0 spiro atoms. The van der Waals surface area contributed by atoms with Crippen molar-refractivity contribution in [3.05, 3.63) is 64.1 Å². The van der Waals surface area contributed by atoms with E-state index in [4.69, 9.17) is 0 Å². The summed E-state index contributed by atoms with van der Waals surface area (Å²) >= 11 is 0.726.